The lowest BCUT2D eigenvalue weighted by Gasteiger charge is -2.09. The number of aryl methyl sites for hydroxylation is 1. The number of nitrogens with one attached hydrogen (secondary N) is 1. The lowest BCUT2D eigenvalue weighted by atomic mass is 10.2. The minimum atomic E-state index is 0.483. The van der Waals surface area contributed by atoms with Gasteiger partial charge in [-0.15, -0.1) is 0 Å². The summed E-state index contributed by atoms with van der Waals surface area (Å²) in [5.74, 6) is 0.999. The highest BCUT2D eigenvalue weighted by Gasteiger charge is 2.15. The normalized spacial score (nSPS) is 21.6. The Hall–Kier alpha value is -0.940. The molecule has 1 unspecified atom stereocenters. The molecule has 1 aromatic rings. The molecule has 1 N–H and O–H groups in total. The fourth-order valence-electron chi connectivity index (χ4n) is 1.62. The van der Waals surface area contributed by atoms with E-state index < -0.39 is 0 Å². The molecule has 5 heteroatoms. The first-order valence-corrected chi connectivity index (χ1v) is 5.08. The van der Waals surface area contributed by atoms with Crippen molar-refractivity contribution >= 4 is 0 Å². The molecule has 0 aliphatic carbocycles. The van der Waals surface area contributed by atoms with Crippen molar-refractivity contribution in [2.45, 2.75) is 32.5 Å². The molecule has 1 aliphatic rings. The lowest BCUT2D eigenvalue weighted by Crippen LogP contribution is -2.29. The predicted molar refractivity (Wildman–Crippen MR) is 51.8 cm³/mol. The van der Waals surface area contributed by atoms with Crippen molar-refractivity contribution in [3.8, 4) is 0 Å². The van der Waals surface area contributed by atoms with Crippen molar-refractivity contribution in [1.29, 1.82) is 0 Å². The molecule has 1 aliphatic heterocycles. The fourth-order valence-corrected chi connectivity index (χ4v) is 1.62. The van der Waals surface area contributed by atoms with Crippen LogP contribution >= 0.6 is 0 Å². The van der Waals surface area contributed by atoms with Crippen LogP contribution in [0.1, 0.15) is 19.2 Å². The van der Waals surface area contributed by atoms with Gasteiger partial charge < -0.3 is 10.1 Å². The van der Waals surface area contributed by atoms with Crippen molar-refractivity contribution in [3.63, 3.8) is 0 Å². The number of hydrogen-bond donors (Lipinski definition) is 1. The average Bonchev–Trinajstić information content (AvgIpc) is 2.85. The van der Waals surface area contributed by atoms with E-state index in [0.717, 1.165) is 38.5 Å². The largest absolute Gasteiger partial charge is 0.380 e. The zero-order valence-electron chi connectivity index (χ0n) is 8.44. The van der Waals surface area contributed by atoms with Crippen LogP contribution in [0.3, 0.4) is 0 Å². The quantitative estimate of drug-likeness (QED) is 0.746. The van der Waals surface area contributed by atoms with Crippen molar-refractivity contribution in [2.75, 3.05) is 13.2 Å². The van der Waals surface area contributed by atoms with Crippen LogP contribution in [-0.4, -0.2) is 34.0 Å². The summed E-state index contributed by atoms with van der Waals surface area (Å²) in [7, 11) is 0. The summed E-state index contributed by atoms with van der Waals surface area (Å²) in [5.41, 5.74) is 0. The summed E-state index contributed by atoms with van der Waals surface area (Å²) in [6.45, 7) is 5.41. The van der Waals surface area contributed by atoms with E-state index in [1.807, 2.05) is 4.68 Å². The molecule has 78 valence electrons. The predicted octanol–water partition coefficient (Wildman–Crippen LogP) is 0.176. The van der Waals surface area contributed by atoms with E-state index in [9.17, 15) is 0 Å². The summed E-state index contributed by atoms with van der Waals surface area (Å²) in [4.78, 5) is 4.20. The third-order valence-electron chi connectivity index (χ3n) is 2.47. The topological polar surface area (TPSA) is 52.0 Å². The Morgan fingerprint density at radius 1 is 1.71 bits per heavy atom. The average molecular weight is 196 g/mol. The van der Waals surface area contributed by atoms with E-state index >= 15 is 0 Å². The Bertz CT molecular complexity index is 280. The first-order chi connectivity index (χ1) is 6.90. The van der Waals surface area contributed by atoms with Gasteiger partial charge >= 0.3 is 0 Å². The highest BCUT2D eigenvalue weighted by atomic mass is 16.5. The van der Waals surface area contributed by atoms with Crippen LogP contribution in [0.25, 0.3) is 0 Å². The second-order valence-electron chi connectivity index (χ2n) is 3.43. The van der Waals surface area contributed by atoms with Crippen LogP contribution in [0, 0.1) is 0 Å². The molecule has 2 rings (SSSR count). The van der Waals surface area contributed by atoms with E-state index in [2.05, 4.69) is 22.3 Å². The van der Waals surface area contributed by atoms with Gasteiger partial charge in [-0.2, -0.15) is 5.10 Å². The van der Waals surface area contributed by atoms with Gasteiger partial charge in [0.25, 0.3) is 0 Å². The highest BCUT2D eigenvalue weighted by Crippen LogP contribution is 2.04. The van der Waals surface area contributed by atoms with Gasteiger partial charge in [0.15, 0.2) is 0 Å². The molecule has 1 atom stereocenters. The van der Waals surface area contributed by atoms with E-state index in [1.165, 1.54) is 0 Å². The van der Waals surface area contributed by atoms with Gasteiger partial charge in [0.1, 0.15) is 12.2 Å². The number of hydrogen-bond acceptors (Lipinski definition) is 4. The van der Waals surface area contributed by atoms with Crippen LogP contribution in [-0.2, 0) is 17.8 Å². The third-order valence-corrected chi connectivity index (χ3v) is 2.47. The van der Waals surface area contributed by atoms with Crippen LogP contribution in [0.15, 0.2) is 6.33 Å². The standard InChI is InChI=1S/C9H16N4O/c1-2-13-9(11-7-12-13)5-10-8-3-4-14-6-8/h7-8,10H,2-6H2,1H3. The molecule has 1 saturated heterocycles. The van der Waals surface area contributed by atoms with E-state index in [1.54, 1.807) is 6.33 Å². The fraction of sp³-hybridized carbons (Fsp3) is 0.778. The second-order valence-corrected chi connectivity index (χ2v) is 3.43. The van der Waals surface area contributed by atoms with Gasteiger partial charge in [0, 0.05) is 19.2 Å². The second kappa shape index (κ2) is 4.52. The van der Waals surface area contributed by atoms with Crippen molar-refractivity contribution in [3.05, 3.63) is 12.2 Å². The molecule has 1 aromatic heterocycles. The highest BCUT2D eigenvalue weighted by molar-refractivity contribution is 4.85. The number of nitrogens with zero attached hydrogens (tertiary/aromatic N) is 3. The number of ether oxygens (including phenoxy) is 1. The molecule has 0 radical (unpaired) electrons. The van der Waals surface area contributed by atoms with Gasteiger partial charge in [0.2, 0.25) is 0 Å². The maximum absolute atomic E-state index is 5.28. The van der Waals surface area contributed by atoms with Gasteiger partial charge in [-0.05, 0) is 13.3 Å². The van der Waals surface area contributed by atoms with Crippen LogP contribution in [0.5, 0.6) is 0 Å². The molecule has 0 bridgehead atoms. The summed E-state index contributed by atoms with van der Waals surface area (Å²) < 4.78 is 7.18. The molecule has 0 amide bonds. The smallest absolute Gasteiger partial charge is 0.140 e. The minimum Gasteiger partial charge on any atom is -0.380 e. The third kappa shape index (κ3) is 2.10. The summed E-state index contributed by atoms with van der Waals surface area (Å²) >= 11 is 0. The molecule has 5 nitrogen and oxygen atoms in total. The van der Waals surface area contributed by atoms with Gasteiger partial charge in [-0.25, -0.2) is 9.67 Å². The Kier molecular flexibility index (Phi) is 3.10. The molecule has 0 spiro atoms. The molecule has 1 fully saturated rings. The Morgan fingerprint density at radius 2 is 2.64 bits per heavy atom. The lowest BCUT2D eigenvalue weighted by molar-refractivity contribution is 0.189. The summed E-state index contributed by atoms with van der Waals surface area (Å²) in [6, 6.07) is 0.483. The maximum atomic E-state index is 5.28. The summed E-state index contributed by atoms with van der Waals surface area (Å²) in [5, 5.41) is 7.52. The van der Waals surface area contributed by atoms with Gasteiger partial charge in [-0.1, -0.05) is 0 Å². The Labute approximate surface area is 83.5 Å². The molecule has 0 saturated carbocycles. The van der Waals surface area contributed by atoms with E-state index in [4.69, 9.17) is 4.74 Å². The van der Waals surface area contributed by atoms with Crippen molar-refractivity contribution in [1.82, 2.24) is 20.1 Å². The van der Waals surface area contributed by atoms with Gasteiger partial charge in [-0.3, -0.25) is 0 Å². The van der Waals surface area contributed by atoms with Crippen LogP contribution in [0.2, 0.25) is 0 Å². The Morgan fingerprint density at radius 3 is 3.36 bits per heavy atom. The van der Waals surface area contributed by atoms with Gasteiger partial charge in [0.05, 0.1) is 13.2 Å². The summed E-state index contributed by atoms with van der Waals surface area (Å²) in [6.07, 6.45) is 2.70. The molecular formula is C9H16N4O. The van der Waals surface area contributed by atoms with Crippen LogP contribution < -0.4 is 5.32 Å². The molecule has 0 aromatic carbocycles. The molecular weight excluding hydrogens is 180 g/mol. The minimum absolute atomic E-state index is 0.483. The van der Waals surface area contributed by atoms with E-state index in [-0.39, 0.29) is 0 Å². The Balaban J connectivity index is 1.84. The monoisotopic (exact) mass is 196 g/mol. The first kappa shape index (κ1) is 9.61. The number of aromatic nitrogens is 3. The van der Waals surface area contributed by atoms with Crippen molar-refractivity contribution < 1.29 is 4.74 Å². The zero-order valence-corrected chi connectivity index (χ0v) is 8.44. The van der Waals surface area contributed by atoms with Crippen LogP contribution in [0.4, 0.5) is 0 Å². The molecule has 14 heavy (non-hydrogen) atoms. The number of rotatable bonds is 4. The zero-order chi connectivity index (χ0) is 9.80. The first-order valence-electron chi connectivity index (χ1n) is 5.08. The SMILES string of the molecule is CCn1ncnc1CNC1CCOC1. The molecule has 2 heterocycles. The maximum Gasteiger partial charge on any atom is 0.140 e. The van der Waals surface area contributed by atoms with E-state index in [0.29, 0.717) is 6.04 Å². The van der Waals surface area contributed by atoms with Crippen molar-refractivity contribution in [2.24, 2.45) is 0 Å².